The van der Waals surface area contributed by atoms with E-state index in [9.17, 15) is 9.59 Å². The van der Waals surface area contributed by atoms with Crippen molar-refractivity contribution < 1.29 is 4.79 Å². The van der Waals surface area contributed by atoms with Crippen LogP contribution in [0.3, 0.4) is 0 Å². The number of amides is 1. The predicted octanol–water partition coefficient (Wildman–Crippen LogP) is 4.52. The van der Waals surface area contributed by atoms with Crippen LogP contribution in [-0.2, 0) is 30.6 Å². The number of carbonyl (C=O) groups is 1. The molecule has 8 heteroatoms. The Morgan fingerprint density at radius 2 is 2.00 bits per heavy atom. The molecule has 0 radical (unpaired) electrons. The van der Waals surface area contributed by atoms with Gasteiger partial charge in [-0.2, -0.15) is 0 Å². The maximum atomic E-state index is 13.0. The van der Waals surface area contributed by atoms with Crippen molar-refractivity contribution in [2.75, 3.05) is 6.54 Å². The van der Waals surface area contributed by atoms with Gasteiger partial charge in [-0.1, -0.05) is 24.3 Å². The third kappa shape index (κ3) is 4.77. The van der Waals surface area contributed by atoms with Gasteiger partial charge in [0.2, 0.25) is 5.91 Å². The van der Waals surface area contributed by atoms with Gasteiger partial charge in [-0.15, -0.1) is 22.7 Å². The van der Waals surface area contributed by atoms with E-state index < -0.39 is 0 Å². The van der Waals surface area contributed by atoms with E-state index in [1.807, 2.05) is 6.92 Å². The number of hydrogen-bond donors (Lipinski definition) is 1. The van der Waals surface area contributed by atoms with Gasteiger partial charge in [0.25, 0.3) is 5.56 Å². The lowest BCUT2D eigenvalue weighted by molar-refractivity contribution is -0.121. The highest BCUT2D eigenvalue weighted by Gasteiger charge is 2.20. The molecule has 3 heterocycles. The van der Waals surface area contributed by atoms with Gasteiger partial charge in [-0.05, 0) is 50.2 Å². The van der Waals surface area contributed by atoms with Gasteiger partial charge in [0.15, 0.2) is 0 Å². The summed E-state index contributed by atoms with van der Waals surface area (Å²) in [5.74, 6) is -0.0519. The monoisotopic (exact) mass is 478 g/mol. The van der Waals surface area contributed by atoms with Crippen LogP contribution in [0.1, 0.15) is 40.3 Å². The minimum Gasteiger partial charge on any atom is -0.356 e. The fourth-order valence-electron chi connectivity index (χ4n) is 4.34. The van der Waals surface area contributed by atoms with E-state index in [4.69, 9.17) is 0 Å². The highest BCUT2D eigenvalue weighted by molar-refractivity contribution is 7.18. The average Bonchev–Trinajstić information content (AvgIpc) is 3.43. The summed E-state index contributed by atoms with van der Waals surface area (Å²) in [6, 6.07) is 8.31. The first-order valence-electron chi connectivity index (χ1n) is 11.4. The van der Waals surface area contributed by atoms with Gasteiger partial charge >= 0.3 is 0 Å². The summed E-state index contributed by atoms with van der Waals surface area (Å²) in [6.45, 7) is 2.92. The van der Waals surface area contributed by atoms with Crippen molar-refractivity contribution in [3.8, 4) is 11.3 Å². The maximum absolute atomic E-state index is 13.0. The number of nitrogens with zero attached hydrogens (tertiary/aromatic N) is 3. The van der Waals surface area contributed by atoms with E-state index in [-0.39, 0.29) is 17.9 Å². The number of thiophene rings is 1. The van der Waals surface area contributed by atoms with E-state index >= 15 is 0 Å². The molecule has 0 unspecified atom stereocenters. The van der Waals surface area contributed by atoms with Crippen LogP contribution in [0.25, 0.3) is 21.5 Å². The van der Waals surface area contributed by atoms with Crippen LogP contribution < -0.4 is 10.9 Å². The Morgan fingerprint density at radius 3 is 2.79 bits per heavy atom. The number of benzene rings is 1. The predicted molar refractivity (Wildman–Crippen MR) is 134 cm³/mol. The molecule has 1 aliphatic carbocycles. The lowest BCUT2D eigenvalue weighted by atomic mass is 9.97. The largest absolute Gasteiger partial charge is 0.356 e. The second-order valence-corrected chi connectivity index (χ2v) is 10.6. The quantitative estimate of drug-likeness (QED) is 0.424. The van der Waals surface area contributed by atoms with Crippen LogP contribution in [0, 0.1) is 6.92 Å². The number of fused-ring (bicyclic) bond motifs is 3. The van der Waals surface area contributed by atoms with E-state index in [0.29, 0.717) is 13.1 Å². The van der Waals surface area contributed by atoms with Crippen LogP contribution in [0.2, 0.25) is 0 Å². The number of rotatable bonds is 7. The van der Waals surface area contributed by atoms with Crippen molar-refractivity contribution in [1.82, 2.24) is 19.9 Å². The molecule has 1 aromatic carbocycles. The summed E-state index contributed by atoms with van der Waals surface area (Å²) in [4.78, 5) is 36.5. The molecule has 0 saturated carbocycles. The Labute approximate surface area is 200 Å². The first kappa shape index (κ1) is 22.0. The molecule has 4 aromatic rings. The smallest absolute Gasteiger partial charge is 0.262 e. The van der Waals surface area contributed by atoms with Crippen LogP contribution in [0.4, 0.5) is 0 Å². The van der Waals surface area contributed by atoms with Crippen LogP contribution in [0.5, 0.6) is 0 Å². The molecule has 0 bridgehead atoms. The molecule has 6 nitrogen and oxygen atoms in total. The molecular weight excluding hydrogens is 452 g/mol. The zero-order valence-corrected chi connectivity index (χ0v) is 20.2. The summed E-state index contributed by atoms with van der Waals surface area (Å²) < 4.78 is 1.59. The Kier molecular flexibility index (Phi) is 6.37. The van der Waals surface area contributed by atoms with E-state index in [1.54, 1.807) is 33.6 Å². The number of thiazole rings is 1. The van der Waals surface area contributed by atoms with Crippen molar-refractivity contribution in [2.45, 2.75) is 52.0 Å². The molecule has 170 valence electrons. The first-order valence-corrected chi connectivity index (χ1v) is 13.1. The molecular formula is C25H26N4O2S2. The standard InChI is InChI=1S/C25H26N4O2S2/c1-16-28-20(14-32-16)18-8-6-17(7-9-18)10-12-26-22(30)11-13-29-15-27-24-23(25(29)31)19-4-2-3-5-21(19)33-24/h6-9,14-15H,2-5,10-13H2,1H3,(H,26,30). The molecule has 0 fully saturated rings. The molecule has 3 aromatic heterocycles. The summed E-state index contributed by atoms with van der Waals surface area (Å²) in [6.07, 6.45) is 6.93. The summed E-state index contributed by atoms with van der Waals surface area (Å²) >= 11 is 3.30. The van der Waals surface area contributed by atoms with Gasteiger partial charge in [0, 0.05) is 35.3 Å². The van der Waals surface area contributed by atoms with E-state index in [1.165, 1.54) is 22.4 Å². The second kappa shape index (κ2) is 9.57. The van der Waals surface area contributed by atoms with Gasteiger partial charge in [-0.3, -0.25) is 14.2 Å². The van der Waals surface area contributed by atoms with E-state index in [2.05, 4.69) is 44.9 Å². The van der Waals surface area contributed by atoms with Crippen molar-refractivity contribution in [2.24, 2.45) is 0 Å². The second-order valence-electron chi connectivity index (χ2n) is 8.43. The Balaban J connectivity index is 1.14. The molecule has 1 aliphatic rings. The first-order chi connectivity index (χ1) is 16.1. The normalized spacial score (nSPS) is 13.2. The Morgan fingerprint density at radius 1 is 1.18 bits per heavy atom. The molecule has 33 heavy (non-hydrogen) atoms. The van der Waals surface area contributed by atoms with Crippen molar-refractivity contribution in [3.63, 3.8) is 0 Å². The van der Waals surface area contributed by atoms with Crippen molar-refractivity contribution >= 4 is 38.8 Å². The van der Waals surface area contributed by atoms with Crippen LogP contribution in [-0.4, -0.2) is 27.0 Å². The zero-order valence-electron chi connectivity index (χ0n) is 18.6. The summed E-state index contributed by atoms with van der Waals surface area (Å²) in [5, 5.41) is 6.87. The minimum absolute atomic E-state index is 0.0115. The molecule has 1 N–H and O–H groups in total. The lowest BCUT2D eigenvalue weighted by Crippen LogP contribution is -2.29. The fourth-order valence-corrected chi connectivity index (χ4v) is 6.18. The van der Waals surface area contributed by atoms with Gasteiger partial charge in [-0.25, -0.2) is 9.97 Å². The summed E-state index contributed by atoms with van der Waals surface area (Å²) in [7, 11) is 0. The van der Waals surface area contributed by atoms with E-state index in [0.717, 1.165) is 52.2 Å². The fraction of sp³-hybridized carbons (Fsp3) is 0.360. The molecule has 0 saturated heterocycles. The van der Waals surface area contributed by atoms with Crippen LogP contribution >= 0.6 is 22.7 Å². The third-order valence-electron chi connectivity index (χ3n) is 6.13. The zero-order chi connectivity index (χ0) is 22.8. The topological polar surface area (TPSA) is 76.9 Å². The maximum Gasteiger partial charge on any atom is 0.262 e. The molecule has 0 spiro atoms. The van der Waals surface area contributed by atoms with Crippen LogP contribution in [0.15, 0.2) is 40.8 Å². The highest BCUT2D eigenvalue weighted by Crippen LogP contribution is 2.33. The van der Waals surface area contributed by atoms with Crippen molar-refractivity contribution in [3.05, 3.63) is 67.3 Å². The number of nitrogens with one attached hydrogen (secondary N) is 1. The number of hydrogen-bond acceptors (Lipinski definition) is 6. The SMILES string of the molecule is Cc1nc(-c2ccc(CCNC(=O)CCn3cnc4sc5c(c4c3=O)CCCC5)cc2)cs1. The molecule has 0 aliphatic heterocycles. The Bertz CT molecular complexity index is 1350. The summed E-state index contributed by atoms with van der Waals surface area (Å²) in [5.41, 5.74) is 4.45. The average molecular weight is 479 g/mol. The van der Waals surface area contributed by atoms with Crippen molar-refractivity contribution in [1.29, 1.82) is 0 Å². The number of carbonyl (C=O) groups excluding carboxylic acids is 1. The van der Waals surface area contributed by atoms with Gasteiger partial charge in [0.05, 0.1) is 22.4 Å². The molecule has 5 rings (SSSR count). The molecule has 0 atom stereocenters. The number of aryl methyl sites for hydroxylation is 4. The third-order valence-corrected chi connectivity index (χ3v) is 8.10. The van der Waals surface area contributed by atoms with Gasteiger partial charge < -0.3 is 5.32 Å². The minimum atomic E-state index is -0.0519. The Hall–Kier alpha value is -2.84. The number of aromatic nitrogens is 3. The lowest BCUT2D eigenvalue weighted by Gasteiger charge is -2.10. The molecule has 1 amide bonds. The highest BCUT2D eigenvalue weighted by atomic mass is 32.1. The van der Waals surface area contributed by atoms with Gasteiger partial charge in [0.1, 0.15) is 4.83 Å².